The smallest absolute Gasteiger partial charge is 0.270 e. The third-order valence-corrected chi connectivity index (χ3v) is 8.44. The van der Waals surface area contributed by atoms with Crippen LogP contribution in [0, 0.1) is 28.9 Å². The van der Waals surface area contributed by atoms with Crippen molar-refractivity contribution in [3.63, 3.8) is 0 Å². The Morgan fingerprint density at radius 3 is 2.27 bits per heavy atom. The van der Waals surface area contributed by atoms with E-state index < -0.39 is 14.9 Å². The van der Waals surface area contributed by atoms with Crippen LogP contribution in [-0.2, 0) is 14.8 Å². The van der Waals surface area contributed by atoms with Crippen molar-refractivity contribution in [3.8, 4) is 0 Å². The quantitative estimate of drug-likeness (QED) is 0.481. The molecular formula is C21H31N3O5S. The van der Waals surface area contributed by atoms with Gasteiger partial charge in [0.05, 0.1) is 9.82 Å². The molecule has 0 N–H and O–H groups in total. The Morgan fingerprint density at radius 1 is 1.17 bits per heavy atom. The van der Waals surface area contributed by atoms with Crippen LogP contribution in [-0.4, -0.2) is 53.6 Å². The predicted molar refractivity (Wildman–Crippen MR) is 113 cm³/mol. The SMILES string of the molecule is Cc1ccc([N+](=O)[O-])cc1S(=O)(=O)N1CCC(C(=O)N(C2CC2)C(C)C(C)C)CC1. The Balaban J connectivity index is 1.72. The first-order chi connectivity index (χ1) is 14.0. The van der Waals surface area contributed by atoms with Crippen LogP contribution in [0.3, 0.4) is 0 Å². The maximum atomic E-state index is 13.2. The van der Waals surface area contributed by atoms with Crippen LogP contribution < -0.4 is 0 Å². The molecular weight excluding hydrogens is 406 g/mol. The number of non-ortho nitro benzene ring substituents is 1. The van der Waals surface area contributed by atoms with Crippen molar-refractivity contribution < 1.29 is 18.1 Å². The summed E-state index contributed by atoms with van der Waals surface area (Å²) in [6.07, 6.45) is 3.03. The van der Waals surface area contributed by atoms with Crippen LogP contribution in [0.1, 0.15) is 52.0 Å². The molecule has 1 aliphatic carbocycles. The third-order valence-electron chi connectivity index (χ3n) is 6.40. The fourth-order valence-electron chi connectivity index (χ4n) is 4.06. The average Bonchev–Trinajstić information content (AvgIpc) is 3.53. The number of hydrogen-bond donors (Lipinski definition) is 0. The van der Waals surface area contributed by atoms with Crippen molar-refractivity contribution in [2.75, 3.05) is 13.1 Å². The lowest BCUT2D eigenvalue weighted by Crippen LogP contribution is -2.49. The van der Waals surface area contributed by atoms with Gasteiger partial charge >= 0.3 is 0 Å². The van der Waals surface area contributed by atoms with E-state index >= 15 is 0 Å². The maximum Gasteiger partial charge on any atom is 0.270 e. The van der Waals surface area contributed by atoms with Crippen LogP contribution in [0.5, 0.6) is 0 Å². The lowest BCUT2D eigenvalue weighted by molar-refractivity contribution is -0.385. The van der Waals surface area contributed by atoms with Crippen LogP contribution in [0.4, 0.5) is 5.69 Å². The number of aryl methyl sites for hydroxylation is 1. The van der Waals surface area contributed by atoms with E-state index in [2.05, 4.69) is 20.8 Å². The highest BCUT2D eigenvalue weighted by Gasteiger charge is 2.41. The molecule has 0 spiro atoms. The topological polar surface area (TPSA) is 101 Å². The molecule has 1 unspecified atom stereocenters. The second-order valence-electron chi connectivity index (χ2n) is 8.85. The van der Waals surface area contributed by atoms with Crippen molar-refractivity contribution in [2.24, 2.45) is 11.8 Å². The Bertz CT molecular complexity index is 919. The van der Waals surface area contributed by atoms with E-state index in [1.807, 2.05) is 4.90 Å². The Morgan fingerprint density at radius 2 is 1.77 bits per heavy atom. The highest BCUT2D eigenvalue weighted by Crippen LogP contribution is 2.35. The van der Waals surface area contributed by atoms with Crippen molar-refractivity contribution in [2.45, 2.75) is 70.4 Å². The number of piperidine rings is 1. The molecule has 2 fully saturated rings. The van der Waals surface area contributed by atoms with E-state index in [1.165, 1.54) is 16.4 Å². The fraction of sp³-hybridized carbons (Fsp3) is 0.667. The lowest BCUT2D eigenvalue weighted by Gasteiger charge is -2.37. The van der Waals surface area contributed by atoms with Gasteiger partial charge < -0.3 is 4.90 Å². The third kappa shape index (κ3) is 4.51. The van der Waals surface area contributed by atoms with Crippen LogP contribution >= 0.6 is 0 Å². The van der Waals surface area contributed by atoms with Gasteiger partial charge in [0, 0.05) is 43.2 Å². The molecule has 1 aromatic carbocycles. The summed E-state index contributed by atoms with van der Waals surface area (Å²) in [5, 5.41) is 11.1. The molecule has 0 bridgehead atoms. The van der Waals surface area contributed by atoms with Gasteiger partial charge in [-0.2, -0.15) is 4.31 Å². The second-order valence-corrected chi connectivity index (χ2v) is 10.8. The molecule has 30 heavy (non-hydrogen) atoms. The number of nitro groups is 1. The number of carbonyl (C=O) groups is 1. The standard InChI is InChI=1S/C21H31N3O5S/c1-14(2)16(4)23(18-7-8-18)21(25)17-9-11-22(12-10-17)30(28,29)20-13-19(24(26)27)6-5-15(20)3/h5-6,13-14,16-18H,7-12H2,1-4H3. The molecule has 8 nitrogen and oxygen atoms in total. The molecule has 1 saturated heterocycles. The minimum atomic E-state index is -3.85. The Hall–Kier alpha value is -2.00. The number of sulfonamides is 1. The summed E-state index contributed by atoms with van der Waals surface area (Å²) in [4.78, 5) is 25.7. The summed E-state index contributed by atoms with van der Waals surface area (Å²) >= 11 is 0. The van der Waals surface area contributed by atoms with E-state index in [9.17, 15) is 23.3 Å². The van der Waals surface area contributed by atoms with E-state index in [4.69, 9.17) is 0 Å². The van der Waals surface area contributed by atoms with Crippen LogP contribution in [0.2, 0.25) is 0 Å². The summed E-state index contributed by atoms with van der Waals surface area (Å²) in [6, 6.07) is 4.38. The molecule has 1 aromatic rings. The highest BCUT2D eigenvalue weighted by molar-refractivity contribution is 7.89. The van der Waals surface area contributed by atoms with Gasteiger partial charge in [0.15, 0.2) is 0 Å². The minimum absolute atomic E-state index is 0.0329. The summed E-state index contributed by atoms with van der Waals surface area (Å²) in [6.45, 7) is 8.44. The van der Waals surface area contributed by atoms with Crippen LogP contribution in [0.25, 0.3) is 0 Å². The highest BCUT2D eigenvalue weighted by atomic mass is 32.2. The zero-order valence-electron chi connectivity index (χ0n) is 18.1. The molecule has 0 radical (unpaired) electrons. The lowest BCUT2D eigenvalue weighted by atomic mass is 9.94. The molecule has 1 heterocycles. The van der Waals surface area contributed by atoms with Gasteiger partial charge in [0.25, 0.3) is 5.69 Å². The summed E-state index contributed by atoms with van der Waals surface area (Å²) in [5.41, 5.74) is 0.233. The molecule has 0 aromatic heterocycles. The van der Waals surface area contributed by atoms with Gasteiger partial charge in [0.1, 0.15) is 0 Å². The fourth-order valence-corrected chi connectivity index (χ4v) is 5.77. The maximum absolute atomic E-state index is 13.2. The first kappa shape index (κ1) is 22.7. The van der Waals surface area contributed by atoms with Gasteiger partial charge in [-0.15, -0.1) is 0 Å². The molecule has 1 amide bonds. The first-order valence-electron chi connectivity index (χ1n) is 10.6. The molecule has 9 heteroatoms. The van der Waals surface area contributed by atoms with Gasteiger partial charge in [-0.25, -0.2) is 8.42 Å². The Kier molecular flexibility index (Phi) is 6.52. The minimum Gasteiger partial charge on any atom is -0.337 e. The van der Waals surface area contributed by atoms with Gasteiger partial charge in [-0.05, 0) is 51.0 Å². The molecule has 2 aliphatic rings. The predicted octanol–water partition coefficient (Wildman–Crippen LogP) is 3.34. The molecule has 1 saturated carbocycles. The summed E-state index contributed by atoms with van der Waals surface area (Å²) in [7, 11) is -3.85. The number of carbonyl (C=O) groups excluding carboxylic acids is 1. The van der Waals surface area contributed by atoms with E-state index in [0.717, 1.165) is 18.9 Å². The summed E-state index contributed by atoms with van der Waals surface area (Å²) in [5.74, 6) is 0.332. The van der Waals surface area contributed by atoms with Crippen LogP contribution in [0.15, 0.2) is 23.1 Å². The number of nitrogens with zero attached hydrogens (tertiary/aromatic N) is 3. The molecule has 1 aliphatic heterocycles. The average molecular weight is 438 g/mol. The molecule has 3 rings (SSSR count). The zero-order valence-corrected chi connectivity index (χ0v) is 18.9. The normalized spacial score (nSPS) is 19.6. The number of hydrogen-bond acceptors (Lipinski definition) is 5. The number of benzene rings is 1. The second kappa shape index (κ2) is 8.63. The van der Waals surface area contributed by atoms with Crippen molar-refractivity contribution in [1.82, 2.24) is 9.21 Å². The zero-order chi connectivity index (χ0) is 22.2. The van der Waals surface area contributed by atoms with Gasteiger partial charge in [-0.1, -0.05) is 19.9 Å². The summed E-state index contributed by atoms with van der Waals surface area (Å²) < 4.78 is 27.6. The van der Waals surface area contributed by atoms with Crippen molar-refractivity contribution in [3.05, 3.63) is 33.9 Å². The van der Waals surface area contributed by atoms with E-state index in [0.29, 0.717) is 30.4 Å². The Labute approximate surface area is 178 Å². The monoisotopic (exact) mass is 437 g/mol. The van der Waals surface area contributed by atoms with E-state index in [-0.39, 0.29) is 41.5 Å². The van der Waals surface area contributed by atoms with E-state index in [1.54, 1.807) is 6.92 Å². The molecule has 166 valence electrons. The molecule has 1 atom stereocenters. The number of nitro benzene ring substituents is 1. The van der Waals surface area contributed by atoms with Crippen molar-refractivity contribution >= 4 is 21.6 Å². The largest absolute Gasteiger partial charge is 0.337 e. The number of rotatable bonds is 7. The van der Waals surface area contributed by atoms with Gasteiger partial charge in [0.2, 0.25) is 15.9 Å². The van der Waals surface area contributed by atoms with Gasteiger partial charge in [-0.3, -0.25) is 14.9 Å². The first-order valence-corrected chi connectivity index (χ1v) is 12.1. The van der Waals surface area contributed by atoms with Crippen molar-refractivity contribution in [1.29, 1.82) is 0 Å². The number of amides is 1.